The van der Waals surface area contributed by atoms with Crippen LogP contribution in [0.15, 0.2) is 97.1 Å². The van der Waals surface area contributed by atoms with Crippen LogP contribution in [0, 0.1) is 0 Å². The molecule has 0 amide bonds. The quantitative estimate of drug-likeness (QED) is 0.149. The molecular formula is C40H40B2O4. The van der Waals surface area contributed by atoms with Crippen LogP contribution >= 0.6 is 0 Å². The molecule has 2 saturated heterocycles. The van der Waals surface area contributed by atoms with Crippen molar-refractivity contribution in [2.75, 3.05) is 0 Å². The van der Waals surface area contributed by atoms with Gasteiger partial charge in [-0.05, 0) is 145 Å². The van der Waals surface area contributed by atoms with Crippen molar-refractivity contribution in [1.82, 2.24) is 0 Å². The van der Waals surface area contributed by atoms with Crippen molar-refractivity contribution < 1.29 is 18.6 Å². The average molecular weight is 606 g/mol. The zero-order chi connectivity index (χ0) is 32.2. The van der Waals surface area contributed by atoms with Crippen molar-refractivity contribution in [3.63, 3.8) is 0 Å². The van der Waals surface area contributed by atoms with Crippen molar-refractivity contribution in [3.8, 4) is 22.3 Å². The summed E-state index contributed by atoms with van der Waals surface area (Å²) in [6.45, 7) is 16.7. The van der Waals surface area contributed by atoms with Gasteiger partial charge in [-0.25, -0.2) is 0 Å². The lowest BCUT2D eigenvalue weighted by atomic mass is 9.78. The van der Waals surface area contributed by atoms with E-state index in [9.17, 15) is 0 Å². The number of benzene rings is 6. The van der Waals surface area contributed by atoms with Crippen LogP contribution in [0.4, 0.5) is 0 Å². The summed E-state index contributed by atoms with van der Waals surface area (Å²) in [5, 5.41) is 7.63. The molecule has 2 heterocycles. The van der Waals surface area contributed by atoms with E-state index < -0.39 is 0 Å². The average Bonchev–Trinajstić information content (AvgIpc) is 3.38. The van der Waals surface area contributed by atoms with E-state index in [0.717, 1.165) is 10.9 Å². The first-order valence-corrected chi connectivity index (χ1v) is 16.4. The first-order chi connectivity index (χ1) is 21.7. The van der Waals surface area contributed by atoms with Gasteiger partial charge in [-0.2, -0.15) is 0 Å². The zero-order valence-corrected chi connectivity index (χ0v) is 28.0. The van der Waals surface area contributed by atoms with Crippen LogP contribution in [0.25, 0.3) is 54.6 Å². The molecule has 6 aromatic rings. The van der Waals surface area contributed by atoms with Crippen LogP contribution in [0.1, 0.15) is 55.4 Å². The summed E-state index contributed by atoms with van der Waals surface area (Å²) in [4.78, 5) is 0. The Kier molecular flexibility index (Phi) is 6.41. The smallest absolute Gasteiger partial charge is 0.399 e. The summed E-state index contributed by atoms with van der Waals surface area (Å²) < 4.78 is 25.1. The van der Waals surface area contributed by atoms with Gasteiger partial charge in [-0.15, -0.1) is 0 Å². The van der Waals surface area contributed by atoms with Crippen molar-refractivity contribution >= 4 is 57.5 Å². The monoisotopic (exact) mass is 606 g/mol. The van der Waals surface area contributed by atoms with E-state index in [1.54, 1.807) is 0 Å². The van der Waals surface area contributed by atoms with E-state index in [0.29, 0.717) is 0 Å². The van der Waals surface area contributed by atoms with Crippen LogP contribution in [0.5, 0.6) is 0 Å². The van der Waals surface area contributed by atoms with Crippen LogP contribution in [-0.2, 0) is 18.6 Å². The minimum Gasteiger partial charge on any atom is -0.399 e. The molecule has 6 heteroatoms. The van der Waals surface area contributed by atoms with E-state index in [-0.39, 0.29) is 36.6 Å². The summed E-state index contributed by atoms with van der Waals surface area (Å²) in [7, 11) is -0.718. The molecule has 46 heavy (non-hydrogen) atoms. The summed E-state index contributed by atoms with van der Waals surface area (Å²) in [5.41, 5.74) is 5.42. The van der Waals surface area contributed by atoms with Gasteiger partial charge in [0.05, 0.1) is 22.4 Å². The molecule has 0 N–H and O–H groups in total. The van der Waals surface area contributed by atoms with Gasteiger partial charge in [-0.3, -0.25) is 0 Å². The highest BCUT2D eigenvalue weighted by Crippen LogP contribution is 2.41. The Morgan fingerprint density at radius 3 is 0.870 bits per heavy atom. The van der Waals surface area contributed by atoms with Crippen molar-refractivity contribution in [2.45, 2.75) is 77.8 Å². The second-order valence-corrected chi connectivity index (χ2v) is 15.1. The Bertz CT molecular complexity index is 1860. The zero-order valence-electron chi connectivity index (χ0n) is 28.0. The first kappa shape index (κ1) is 29.7. The maximum atomic E-state index is 6.27. The molecule has 0 atom stereocenters. The third-order valence-electron chi connectivity index (χ3n) is 11.1. The van der Waals surface area contributed by atoms with Gasteiger partial charge >= 0.3 is 14.2 Å². The Hall–Kier alpha value is -3.67. The second-order valence-electron chi connectivity index (χ2n) is 15.1. The largest absolute Gasteiger partial charge is 0.494 e. The van der Waals surface area contributed by atoms with E-state index in [1.165, 1.54) is 54.6 Å². The van der Waals surface area contributed by atoms with Crippen molar-refractivity contribution in [1.29, 1.82) is 0 Å². The lowest BCUT2D eigenvalue weighted by Gasteiger charge is -2.32. The Morgan fingerprint density at radius 1 is 0.348 bits per heavy atom. The fourth-order valence-corrected chi connectivity index (χ4v) is 6.79. The normalized spacial score (nSPS) is 20.0. The molecule has 6 aromatic carbocycles. The molecule has 0 unspecified atom stereocenters. The van der Waals surface area contributed by atoms with Crippen molar-refractivity contribution in [2.24, 2.45) is 0 Å². The molecule has 2 aliphatic heterocycles. The van der Waals surface area contributed by atoms with Gasteiger partial charge in [0.15, 0.2) is 0 Å². The fraction of sp³-hybridized carbons (Fsp3) is 0.300. The lowest BCUT2D eigenvalue weighted by molar-refractivity contribution is 0.00578. The molecule has 2 aliphatic rings. The molecule has 0 aromatic heterocycles. The van der Waals surface area contributed by atoms with Gasteiger partial charge in [0.2, 0.25) is 0 Å². The number of hydrogen-bond acceptors (Lipinski definition) is 4. The van der Waals surface area contributed by atoms with E-state index in [1.807, 2.05) is 0 Å². The molecule has 4 nitrogen and oxygen atoms in total. The summed E-state index contributed by atoms with van der Waals surface area (Å²) in [6, 6.07) is 35.5. The molecular weight excluding hydrogens is 566 g/mol. The van der Waals surface area contributed by atoms with Gasteiger partial charge in [-0.1, -0.05) is 72.8 Å². The van der Waals surface area contributed by atoms with Gasteiger partial charge < -0.3 is 18.6 Å². The summed E-state index contributed by atoms with van der Waals surface area (Å²) in [6.07, 6.45) is 0. The highest BCUT2D eigenvalue weighted by atomic mass is 16.7. The van der Waals surface area contributed by atoms with Crippen LogP contribution in [0.3, 0.4) is 0 Å². The molecule has 8 rings (SSSR count). The fourth-order valence-electron chi connectivity index (χ4n) is 6.79. The summed E-state index contributed by atoms with van der Waals surface area (Å²) in [5.74, 6) is 0. The first-order valence-electron chi connectivity index (χ1n) is 16.4. The highest BCUT2D eigenvalue weighted by Gasteiger charge is 2.52. The van der Waals surface area contributed by atoms with Crippen LogP contribution < -0.4 is 10.9 Å². The summed E-state index contributed by atoms with van der Waals surface area (Å²) >= 11 is 0. The lowest BCUT2D eigenvalue weighted by Crippen LogP contribution is -2.41. The third kappa shape index (κ3) is 4.61. The molecule has 0 bridgehead atoms. The van der Waals surface area contributed by atoms with Gasteiger partial charge in [0.1, 0.15) is 0 Å². The van der Waals surface area contributed by atoms with Crippen LogP contribution in [-0.4, -0.2) is 36.6 Å². The molecule has 0 aliphatic carbocycles. The van der Waals surface area contributed by atoms with Crippen molar-refractivity contribution in [3.05, 3.63) is 97.1 Å². The SMILES string of the molecule is CC1(C)OB(c2ccc(-c3cc4ccc5cc(-c6ccc(B7OC(C)(C)C(C)(C)O7)cc6)cc6ccc(c3)c4c56)cc2)OC1(C)C. The highest BCUT2D eigenvalue weighted by molar-refractivity contribution is 6.62. The predicted molar refractivity (Wildman–Crippen MR) is 192 cm³/mol. The maximum absolute atomic E-state index is 6.27. The molecule has 0 radical (unpaired) electrons. The Labute approximate surface area is 272 Å². The Balaban J connectivity index is 1.10. The molecule has 2 fully saturated rings. The molecule has 0 saturated carbocycles. The molecule has 0 spiro atoms. The third-order valence-corrected chi connectivity index (χ3v) is 11.1. The van der Waals surface area contributed by atoms with Crippen LogP contribution in [0.2, 0.25) is 0 Å². The number of rotatable bonds is 4. The maximum Gasteiger partial charge on any atom is 0.494 e. The van der Waals surface area contributed by atoms with E-state index in [4.69, 9.17) is 18.6 Å². The van der Waals surface area contributed by atoms with Gasteiger partial charge in [0.25, 0.3) is 0 Å². The molecule has 230 valence electrons. The minimum atomic E-state index is -0.359. The topological polar surface area (TPSA) is 36.9 Å². The standard InChI is InChI=1S/C40H40B2O4/c1-37(2)38(3,4)44-41(43-37)33-17-13-25(14-18-33)31-21-27-9-11-29-23-32(24-30-12-10-28(22-31)35(27)36(29)30)26-15-19-34(20-16-26)42-45-39(5,6)40(7,8)46-42/h9-24H,1-8H3. The second kappa shape index (κ2) is 9.92. The van der Waals surface area contributed by atoms with E-state index >= 15 is 0 Å². The van der Waals surface area contributed by atoms with E-state index in [2.05, 4.69) is 152 Å². The minimum absolute atomic E-state index is 0.355. The number of hydrogen-bond donors (Lipinski definition) is 0. The van der Waals surface area contributed by atoms with Gasteiger partial charge in [0, 0.05) is 0 Å². The Morgan fingerprint density at radius 2 is 0.609 bits per heavy atom. The predicted octanol–water partition coefficient (Wildman–Crippen LogP) is 8.52.